The first-order valence-electron chi connectivity index (χ1n) is 4.40. The second kappa shape index (κ2) is 4.75. The van der Waals surface area contributed by atoms with Crippen molar-refractivity contribution in [2.45, 2.75) is 13.1 Å². The summed E-state index contributed by atoms with van der Waals surface area (Å²) in [6.45, 7) is 1.66. The fourth-order valence-electron chi connectivity index (χ4n) is 1.22. The number of halogens is 3. The van der Waals surface area contributed by atoms with E-state index < -0.39 is 11.7 Å². The third-order valence-corrected chi connectivity index (χ3v) is 2.21. The third-order valence-electron chi connectivity index (χ3n) is 2.00. The third kappa shape index (κ3) is 3.30. The molecule has 0 aliphatic heterocycles. The van der Waals surface area contributed by atoms with Crippen molar-refractivity contribution in [3.63, 3.8) is 0 Å². The molecule has 1 aromatic rings. The first-order chi connectivity index (χ1) is 6.95. The standard InChI is InChI=1S/C11H11F3S/c1-8-7-10(11(12,13)14)5-4-9(8)3-2-6-15/h2-5,7,15H,6H2,1H3. The van der Waals surface area contributed by atoms with E-state index in [9.17, 15) is 13.2 Å². The van der Waals surface area contributed by atoms with E-state index in [4.69, 9.17) is 0 Å². The van der Waals surface area contributed by atoms with Gasteiger partial charge in [-0.1, -0.05) is 18.2 Å². The van der Waals surface area contributed by atoms with Crippen LogP contribution < -0.4 is 0 Å². The molecule has 0 heterocycles. The van der Waals surface area contributed by atoms with Crippen LogP contribution in [0.5, 0.6) is 0 Å². The lowest BCUT2D eigenvalue weighted by Crippen LogP contribution is -2.05. The van der Waals surface area contributed by atoms with Gasteiger partial charge >= 0.3 is 6.18 Å². The number of hydrogen-bond donors (Lipinski definition) is 1. The van der Waals surface area contributed by atoms with Crippen LogP contribution in [0.4, 0.5) is 13.2 Å². The molecule has 0 N–H and O–H groups in total. The molecule has 0 atom stereocenters. The first kappa shape index (κ1) is 12.2. The Morgan fingerprint density at radius 3 is 2.47 bits per heavy atom. The molecule has 0 saturated heterocycles. The average molecular weight is 232 g/mol. The van der Waals surface area contributed by atoms with Crippen molar-refractivity contribution < 1.29 is 13.2 Å². The molecule has 4 heteroatoms. The Morgan fingerprint density at radius 1 is 1.33 bits per heavy atom. The maximum absolute atomic E-state index is 12.3. The van der Waals surface area contributed by atoms with Gasteiger partial charge in [-0.15, -0.1) is 0 Å². The molecule has 0 aliphatic carbocycles. The molecule has 82 valence electrons. The number of benzene rings is 1. The van der Waals surface area contributed by atoms with Crippen molar-refractivity contribution in [2.75, 3.05) is 5.75 Å². The molecule has 0 unspecified atom stereocenters. The quantitative estimate of drug-likeness (QED) is 0.733. The summed E-state index contributed by atoms with van der Waals surface area (Å²) in [5.74, 6) is 0.570. The highest BCUT2D eigenvalue weighted by atomic mass is 32.1. The SMILES string of the molecule is Cc1cc(C(F)(F)F)ccc1C=CCS. The van der Waals surface area contributed by atoms with E-state index in [0.717, 1.165) is 17.7 Å². The number of hydrogen-bond acceptors (Lipinski definition) is 1. The largest absolute Gasteiger partial charge is 0.416 e. The molecule has 1 aromatic carbocycles. The zero-order chi connectivity index (χ0) is 11.5. The van der Waals surface area contributed by atoms with Crippen LogP contribution in [-0.2, 0) is 6.18 Å². The van der Waals surface area contributed by atoms with Gasteiger partial charge in [-0.3, -0.25) is 0 Å². The summed E-state index contributed by atoms with van der Waals surface area (Å²) in [5.41, 5.74) is 0.794. The van der Waals surface area contributed by atoms with Crippen LogP contribution in [0, 0.1) is 6.92 Å². The van der Waals surface area contributed by atoms with Crippen molar-refractivity contribution in [2.24, 2.45) is 0 Å². The van der Waals surface area contributed by atoms with Crippen molar-refractivity contribution in [3.8, 4) is 0 Å². The van der Waals surface area contributed by atoms with Crippen LogP contribution in [0.3, 0.4) is 0 Å². The van der Waals surface area contributed by atoms with Crippen LogP contribution in [0.1, 0.15) is 16.7 Å². The highest BCUT2D eigenvalue weighted by molar-refractivity contribution is 7.80. The summed E-state index contributed by atoms with van der Waals surface area (Å²) in [7, 11) is 0. The van der Waals surface area contributed by atoms with Crippen LogP contribution >= 0.6 is 12.6 Å². The van der Waals surface area contributed by atoms with Crippen molar-refractivity contribution in [3.05, 3.63) is 41.0 Å². The molecule has 0 aliphatic rings. The highest BCUT2D eigenvalue weighted by Gasteiger charge is 2.30. The second-order valence-electron chi connectivity index (χ2n) is 3.15. The summed E-state index contributed by atoms with van der Waals surface area (Å²) in [5, 5.41) is 0. The predicted molar refractivity (Wildman–Crippen MR) is 59.1 cm³/mol. The van der Waals surface area contributed by atoms with E-state index >= 15 is 0 Å². The summed E-state index contributed by atoms with van der Waals surface area (Å²) in [6, 6.07) is 3.71. The molecule has 0 bridgehead atoms. The number of alkyl halides is 3. The van der Waals surface area contributed by atoms with Crippen LogP contribution in [0.2, 0.25) is 0 Å². The van der Waals surface area contributed by atoms with E-state index in [2.05, 4.69) is 12.6 Å². The first-order valence-corrected chi connectivity index (χ1v) is 5.03. The Balaban J connectivity index is 3.04. The molecule has 0 nitrogen and oxygen atoms in total. The molecule has 0 aromatic heterocycles. The van der Waals surface area contributed by atoms with E-state index in [1.807, 2.05) is 0 Å². The summed E-state index contributed by atoms with van der Waals surface area (Å²) < 4.78 is 37.0. The highest BCUT2D eigenvalue weighted by Crippen LogP contribution is 2.30. The summed E-state index contributed by atoms with van der Waals surface area (Å²) in [4.78, 5) is 0. The van der Waals surface area contributed by atoms with Gasteiger partial charge in [-0.25, -0.2) is 0 Å². The zero-order valence-corrected chi connectivity index (χ0v) is 9.07. The van der Waals surface area contributed by atoms with E-state index in [-0.39, 0.29) is 0 Å². The molecule has 15 heavy (non-hydrogen) atoms. The molecule has 0 fully saturated rings. The minimum Gasteiger partial charge on any atom is -0.175 e. The number of thiol groups is 1. The maximum atomic E-state index is 12.3. The molecular formula is C11H11F3S. The fraction of sp³-hybridized carbons (Fsp3) is 0.273. The minimum atomic E-state index is -4.27. The summed E-state index contributed by atoms with van der Waals surface area (Å²) in [6.07, 6.45) is -0.711. The van der Waals surface area contributed by atoms with E-state index in [0.29, 0.717) is 11.3 Å². The van der Waals surface area contributed by atoms with Gasteiger partial charge in [-0.05, 0) is 30.2 Å². The smallest absolute Gasteiger partial charge is 0.175 e. The van der Waals surface area contributed by atoms with E-state index in [1.165, 1.54) is 6.07 Å². The Morgan fingerprint density at radius 2 is 2.00 bits per heavy atom. The normalized spacial score (nSPS) is 12.3. The Bertz CT molecular complexity index is 367. The fourth-order valence-corrected chi connectivity index (χ4v) is 1.32. The number of rotatable bonds is 2. The molecule has 0 amide bonds. The Labute approximate surface area is 92.2 Å². The molecule has 0 radical (unpaired) electrons. The monoisotopic (exact) mass is 232 g/mol. The van der Waals surface area contributed by atoms with Gasteiger partial charge < -0.3 is 0 Å². The zero-order valence-electron chi connectivity index (χ0n) is 8.17. The summed E-state index contributed by atoms with van der Waals surface area (Å²) >= 11 is 3.98. The van der Waals surface area contributed by atoms with Gasteiger partial charge in [0.25, 0.3) is 0 Å². The van der Waals surface area contributed by atoms with Gasteiger partial charge in [0.2, 0.25) is 0 Å². The lowest BCUT2D eigenvalue weighted by molar-refractivity contribution is -0.137. The van der Waals surface area contributed by atoms with Gasteiger partial charge in [0.15, 0.2) is 0 Å². The van der Waals surface area contributed by atoms with Crippen LogP contribution in [0.25, 0.3) is 6.08 Å². The van der Waals surface area contributed by atoms with Crippen molar-refractivity contribution in [1.82, 2.24) is 0 Å². The van der Waals surface area contributed by atoms with Crippen molar-refractivity contribution in [1.29, 1.82) is 0 Å². The topological polar surface area (TPSA) is 0 Å². The molecule has 0 saturated carbocycles. The van der Waals surface area contributed by atoms with Crippen molar-refractivity contribution >= 4 is 18.7 Å². The van der Waals surface area contributed by atoms with E-state index in [1.54, 1.807) is 19.1 Å². The Hall–Kier alpha value is -0.900. The number of aryl methyl sites for hydroxylation is 1. The van der Waals surface area contributed by atoms with Gasteiger partial charge in [-0.2, -0.15) is 25.8 Å². The molecule has 0 spiro atoms. The molecular weight excluding hydrogens is 221 g/mol. The van der Waals surface area contributed by atoms with Gasteiger partial charge in [0, 0.05) is 5.75 Å². The average Bonchev–Trinajstić information content (AvgIpc) is 2.14. The Kier molecular flexibility index (Phi) is 3.85. The predicted octanol–water partition coefficient (Wildman–Crippen LogP) is 3.96. The van der Waals surface area contributed by atoms with Crippen LogP contribution in [-0.4, -0.2) is 5.75 Å². The van der Waals surface area contributed by atoms with Gasteiger partial charge in [0.1, 0.15) is 0 Å². The van der Waals surface area contributed by atoms with Gasteiger partial charge in [0.05, 0.1) is 5.56 Å². The lowest BCUT2D eigenvalue weighted by atomic mass is 10.0. The minimum absolute atomic E-state index is 0.570. The maximum Gasteiger partial charge on any atom is 0.416 e. The van der Waals surface area contributed by atoms with Crippen LogP contribution in [0.15, 0.2) is 24.3 Å². The molecule has 1 rings (SSSR count). The second-order valence-corrected chi connectivity index (χ2v) is 3.52. The lowest BCUT2D eigenvalue weighted by Gasteiger charge is -2.08.